The van der Waals surface area contributed by atoms with Crippen molar-refractivity contribution < 1.29 is 9.53 Å². The van der Waals surface area contributed by atoms with Crippen molar-refractivity contribution in [3.8, 4) is 0 Å². The van der Waals surface area contributed by atoms with Crippen LogP contribution in [0, 0.1) is 0 Å². The van der Waals surface area contributed by atoms with Gasteiger partial charge in [0.15, 0.2) is 0 Å². The van der Waals surface area contributed by atoms with Crippen molar-refractivity contribution in [1.29, 1.82) is 0 Å². The van der Waals surface area contributed by atoms with Crippen molar-refractivity contribution >= 4 is 5.91 Å². The summed E-state index contributed by atoms with van der Waals surface area (Å²) >= 11 is 0. The third-order valence-corrected chi connectivity index (χ3v) is 3.03. The molecule has 0 aromatic carbocycles. The molecule has 0 aromatic heterocycles. The fraction of sp³-hybridized carbons (Fsp3) is 0.917. The standard InChI is InChI=1S/C12H24N2O2/c13-12(15)10-16-9-8-14-11-6-4-2-1-3-5-7-11/h11,14H,1-10H2,(H2,13,15). The van der Waals surface area contributed by atoms with Gasteiger partial charge in [-0.05, 0) is 12.8 Å². The number of hydrogen-bond acceptors (Lipinski definition) is 3. The molecule has 1 amide bonds. The zero-order chi connectivity index (χ0) is 11.6. The van der Waals surface area contributed by atoms with Gasteiger partial charge in [-0.15, -0.1) is 0 Å². The normalized spacial score (nSPS) is 19.0. The Kier molecular flexibility index (Phi) is 7.17. The Morgan fingerprint density at radius 3 is 2.44 bits per heavy atom. The van der Waals surface area contributed by atoms with Crippen molar-refractivity contribution in [3.63, 3.8) is 0 Å². The third-order valence-electron chi connectivity index (χ3n) is 3.03. The van der Waals surface area contributed by atoms with Crippen LogP contribution in [0.25, 0.3) is 0 Å². The Labute approximate surface area is 97.9 Å². The molecule has 1 aliphatic rings. The third kappa shape index (κ3) is 6.80. The number of nitrogens with one attached hydrogen (secondary N) is 1. The van der Waals surface area contributed by atoms with E-state index in [2.05, 4.69) is 5.32 Å². The van der Waals surface area contributed by atoms with Gasteiger partial charge in [-0.25, -0.2) is 0 Å². The van der Waals surface area contributed by atoms with Gasteiger partial charge in [0.1, 0.15) is 6.61 Å². The molecule has 0 atom stereocenters. The number of carbonyl (C=O) groups is 1. The summed E-state index contributed by atoms with van der Waals surface area (Å²) in [4.78, 5) is 10.4. The quantitative estimate of drug-likeness (QED) is 0.671. The Hall–Kier alpha value is -0.610. The lowest BCUT2D eigenvalue weighted by atomic mass is 9.97. The fourth-order valence-electron chi connectivity index (χ4n) is 2.17. The second-order valence-corrected chi connectivity index (χ2v) is 4.52. The van der Waals surface area contributed by atoms with E-state index in [9.17, 15) is 4.79 Å². The summed E-state index contributed by atoms with van der Waals surface area (Å²) in [7, 11) is 0. The first kappa shape index (κ1) is 13.5. The van der Waals surface area contributed by atoms with Gasteiger partial charge in [-0.1, -0.05) is 32.1 Å². The fourth-order valence-corrected chi connectivity index (χ4v) is 2.17. The minimum Gasteiger partial charge on any atom is -0.370 e. The minimum absolute atomic E-state index is 0.0341. The molecular weight excluding hydrogens is 204 g/mol. The lowest BCUT2D eigenvalue weighted by Gasteiger charge is -2.20. The largest absolute Gasteiger partial charge is 0.370 e. The van der Waals surface area contributed by atoms with Gasteiger partial charge in [0.25, 0.3) is 0 Å². The van der Waals surface area contributed by atoms with Crippen LogP contribution in [0.2, 0.25) is 0 Å². The van der Waals surface area contributed by atoms with Gasteiger partial charge >= 0.3 is 0 Å². The molecule has 0 unspecified atom stereocenters. The molecule has 0 saturated heterocycles. The zero-order valence-corrected chi connectivity index (χ0v) is 10.0. The maximum atomic E-state index is 10.4. The Morgan fingerprint density at radius 1 is 1.19 bits per heavy atom. The van der Waals surface area contributed by atoms with Crippen LogP contribution in [0.5, 0.6) is 0 Å². The van der Waals surface area contributed by atoms with Gasteiger partial charge in [-0.3, -0.25) is 4.79 Å². The topological polar surface area (TPSA) is 64.4 Å². The van der Waals surface area contributed by atoms with E-state index in [4.69, 9.17) is 10.5 Å². The van der Waals surface area contributed by atoms with E-state index in [1.165, 1.54) is 44.9 Å². The molecule has 3 N–H and O–H groups in total. The predicted octanol–water partition coefficient (Wildman–Crippen LogP) is 1.19. The monoisotopic (exact) mass is 228 g/mol. The van der Waals surface area contributed by atoms with E-state index in [0.29, 0.717) is 12.6 Å². The molecule has 94 valence electrons. The molecule has 0 spiro atoms. The summed E-state index contributed by atoms with van der Waals surface area (Å²) in [6.45, 7) is 1.42. The van der Waals surface area contributed by atoms with Gasteiger partial charge in [-0.2, -0.15) is 0 Å². The van der Waals surface area contributed by atoms with Crippen molar-refractivity contribution in [3.05, 3.63) is 0 Å². The van der Waals surface area contributed by atoms with Crippen LogP contribution in [0.3, 0.4) is 0 Å². The van der Waals surface area contributed by atoms with Crippen molar-refractivity contribution in [2.24, 2.45) is 5.73 Å². The van der Waals surface area contributed by atoms with E-state index >= 15 is 0 Å². The predicted molar refractivity (Wildman–Crippen MR) is 64.1 cm³/mol. The van der Waals surface area contributed by atoms with Gasteiger partial charge < -0.3 is 15.8 Å². The first-order valence-electron chi connectivity index (χ1n) is 6.38. The molecule has 0 aromatic rings. The SMILES string of the molecule is NC(=O)COCCNC1CCCCCCC1. The molecule has 0 radical (unpaired) electrons. The molecule has 1 rings (SSSR count). The van der Waals surface area contributed by atoms with Crippen molar-refractivity contribution in [2.75, 3.05) is 19.8 Å². The van der Waals surface area contributed by atoms with Crippen LogP contribution in [0.4, 0.5) is 0 Å². The lowest BCUT2D eigenvalue weighted by Crippen LogP contribution is -2.33. The summed E-state index contributed by atoms with van der Waals surface area (Å²) in [6, 6.07) is 0.637. The molecule has 0 aliphatic heterocycles. The highest BCUT2D eigenvalue weighted by Crippen LogP contribution is 2.16. The van der Waals surface area contributed by atoms with E-state index in [1.807, 2.05) is 0 Å². The first-order valence-corrected chi connectivity index (χ1v) is 6.38. The number of rotatable bonds is 6. The Morgan fingerprint density at radius 2 is 1.81 bits per heavy atom. The summed E-state index contributed by atoms with van der Waals surface area (Å²) in [5, 5.41) is 3.49. The summed E-state index contributed by atoms with van der Waals surface area (Å²) in [5.74, 6) is -0.397. The minimum atomic E-state index is -0.397. The number of ether oxygens (including phenoxy) is 1. The molecule has 4 heteroatoms. The summed E-state index contributed by atoms with van der Waals surface area (Å²) in [5.41, 5.74) is 4.97. The average molecular weight is 228 g/mol. The second kappa shape index (κ2) is 8.53. The highest BCUT2D eigenvalue weighted by atomic mass is 16.5. The molecule has 0 bridgehead atoms. The number of hydrogen-bond donors (Lipinski definition) is 2. The van der Waals surface area contributed by atoms with Crippen molar-refractivity contribution in [1.82, 2.24) is 5.32 Å². The van der Waals surface area contributed by atoms with Crippen LogP contribution in [-0.2, 0) is 9.53 Å². The number of amides is 1. The lowest BCUT2D eigenvalue weighted by molar-refractivity contribution is -0.122. The number of primary amides is 1. The van der Waals surface area contributed by atoms with E-state index in [-0.39, 0.29) is 6.61 Å². The summed E-state index contributed by atoms with van der Waals surface area (Å²) in [6.07, 6.45) is 9.35. The Balaban J connectivity index is 1.99. The maximum absolute atomic E-state index is 10.4. The van der Waals surface area contributed by atoms with Crippen LogP contribution in [0.15, 0.2) is 0 Å². The van der Waals surface area contributed by atoms with Crippen LogP contribution in [0.1, 0.15) is 44.9 Å². The van der Waals surface area contributed by atoms with E-state index in [1.54, 1.807) is 0 Å². The van der Waals surface area contributed by atoms with Gasteiger partial charge in [0.2, 0.25) is 5.91 Å². The molecule has 1 fully saturated rings. The van der Waals surface area contributed by atoms with Crippen LogP contribution >= 0.6 is 0 Å². The first-order chi connectivity index (χ1) is 7.79. The van der Waals surface area contributed by atoms with Gasteiger partial charge in [0.05, 0.1) is 6.61 Å². The average Bonchev–Trinajstić information content (AvgIpc) is 2.19. The smallest absolute Gasteiger partial charge is 0.243 e. The number of carbonyl (C=O) groups excluding carboxylic acids is 1. The summed E-state index contributed by atoms with van der Waals surface area (Å²) < 4.78 is 5.11. The van der Waals surface area contributed by atoms with Crippen molar-refractivity contribution in [2.45, 2.75) is 51.0 Å². The molecule has 16 heavy (non-hydrogen) atoms. The number of nitrogens with two attached hydrogens (primary N) is 1. The zero-order valence-electron chi connectivity index (χ0n) is 10.0. The molecule has 1 aliphatic carbocycles. The second-order valence-electron chi connectivity index (χ2n) is 4.52. The van der Waals surface area contributed by atoms with E-state index in [0.717, 1.165) is 6.54 Å². The highest BCUT2D eigenvalue weighted by molar-refractivity contribution is 5.74. The molecule has 1 saturated carbocycles. The highest BCUT2D eigenvalue weighted by Gasteiger charge is 2.09. The molecule has 4 nitrogen and oxygen atoms in total. The van der Waals surface area contributed by atoms with Crippen LogP contribution in [-0.4, -0.2) is 31.7 Å². The van der Waals surface area contributed by atoms with E-state index < -0.39 is 5.91 Å². The van der Waals surface area contributed by atoms with Gasteiger partial charge in [0, 0.05) is 12.6 Å². The molecule has 0 heterocycles. The van der Waals surface area contributed by atoms with Crippen LogP contribution < -0.4 is 11.1 Å². The molecular formula is C12H24N2O2. The maximum Gasteiger partial charge on any atom is 0.243 e. The Bertz CT molecular complexity index is 189.